The van der Waals surface area contributed by atoms with Gasteiger partial charge in [0, 0.05) is 30.3 Å². The van der Waals surface area contributed by atoms with Gasteiger partial charge in [-0.25, -0.2) is 0 Å². The maximum atomic E-state index is 12.1. The predicted molar refractivity (Wildman–Crippen MR) is 81.3 cm³/mol. The van der Waals surface area contributed by atoms with E-state index in [-0.39, 0.29) is 18.0 Å². The molecule has 0 aliphatic rings. The molecule has 20 heavy (non-hydrogen) atoms. The number of amides is 1. The quantitative estimate of drug-likeness (QED) is 0.860. The molecule has 0 unspecified atom stereocenters. The number of nitrogens with zero attached hydrogens (tertiary/aromatic N) is 2. The van der Waals surface area contributed by atoms with Gasteiger partial charge in [-0.15, -0.1) is 0 Å². The monoisotopic (exact) mass is 334 g/mol. The van der Waals surface area contributed by atoms with Gasteiger partial charge in [0.2, 0.25) is 5.91 Å². The molecule has 2 aromatic rings. The molecule has 0 bridgehead atoms. The fourth-order valence-corrected chi connectivity index (χ4v) is 2.22. The number of hydrogen-bond acceptors (Lipinski definition) is 2. The lowest BCUT2D eigenvalue weighted by molar-refractivity contribution is -0.131. The summed E-state index contributed by atoms with van der Waals surface area (Å²) in [6.07, 6.45) is 1.62. The summed E-state index contributed by atoms with van der Waals surface area (Å²) in [6.45, 7) is 0.573. The van der Waals surface area contributed by atoms with Crippen molar-refractivity contribution in [1.82, 2.24) is 9.47 Å². The molecule has 0 spiro atoms. The first kappa shape index (κ1) is 14.5. The Balaban J connectivity index is 2.04. The van der Waals surface area contributed by atoms with Crippen molar-refractivity contribution in [3.05, 3.63) is 69.1 Å². The first-order valence-corrected chi connectivity index (χ1v) is 6.99. The topological polar surface area (TPSA) is 42.3 Å². The Morgan fingerprint density at radius 3 is 2.60 bits per heavy atom. The molecular formula is C15H15BrN2O2. The minimum Gasteiger partial charge on any atom is -0.340 e. The van der Waals surface area contributed by atoms with E-state index < -0.39 is 0 Å². The van der Waals surface area contributed by atoms with E-state index in [1.807, 2.05) is 30.3 Å². The van der Waals surface area contributed by atoms with Crippen molar-refractivity contribution in [2.75, 3.05) is 7.05 Å². The molecule has 0 aliphatic carbocycles. The first-order chi connectivity index (χ1) is 9.56. The molecule has 0 N–H and O–H groups in total. The lowest BCUT2D eigenvalue weighted by Gasteiger charge is -2.18. The summed E-state index contributed by atoms with van der Waals surface area (Å²) in [4.78, 5) is 25.4. The van der Waals surface area contributed by atoms with Crippen molar-refractivity contribution in [3.8, 4) is 0 Å². The second kappa shape index (κ2) is 6.52. The standard InChI is InChI=1S/C15H15BrN2O2/c1-17(9-12-5-3-2-4-6-12)15(20)11-18-10-13(16)7-8-14(18)19/h2-8,10H,9,11H2,1H3. The fraction of sp³-hybridized carbons (Fsp3) is 0.200. The zero-order valence-electron chi connectivity index (χ0n) is 11.1. The van der Waals surface area contributed by atoms with Crippen LogP contribution in [0.2, 0.25) is 0 Å². The van der Waals surface area contributed by atoms with Gasteiger partial charge in [0.15, 0.2) is 0 Å². The summed E-state index contributed by atoms with van der Waals surface area (Å²) in [6, 6.07) is 12.8. The Morgan fingerprint density at radius 1 is 1.20 bits per heavy atom. The summed E-state index contributed by atoms with van der Waals surface area (Å²) >= 11 is 3.29. The summed E-state index contributed by atoms with van der Waals surface area (Å²) in [5.74, 6) is -0.103. The number of benzene rings is 1. The SMILES string of the molecule is CN(Cc1ccccc1)C(=O)Cn1cc(Br)ccc1=O. The van der Waals surface area contributed by atoms with Gasteiger partial charge in [0.1, 0.15) is 6.54 Å². The third-order valence-corrected chi connectivity index (χ3v) is 3.41. The summed E-state index contributed by atoms with van der Waals surface area (Å²) in [7, 11) is 1.73. The number of carbonyl (C=O) groups excluding carboxylic acids is 1. The van der Waals surface area contributed by atoms with Crippen LogP contribution < -0.4 is 5.56 Å². The summed E-state index contributed by atoms with van der Waals surface area (Å²) in [5.41, 5.74) is 0.875. The molecule has 0 atom stereocenters. The number of rotatable bonds is 4. The van der Waals surface area contributed by atoms with Crippen LogP contribution in [0, 0.1) is 0 Å². The lowest BCUT2D eigenvalue weighted by Crippen LogP contribution is -2.33. The first-order valence-electron chi connectivity index (χ1n) is 6.20. The van der Waals surface area contributed by atoms with Crippen LogP contribution in [-0.4, -0.2) is 22.4 Å². The van der Waals surface area contributed by atoms with Crippen molar-refractivity contribution in [2.45, 2.75) is 13.1 Å². The molecule has 4 nitrogen and oxygen atoms in total. The summed E-state index contributed by atoms with van der Waals surface area (Å²) in [5, 5.41) is 0. The highest BCUT2D eigenvalue weighted by Crippen LogP contribution is 2.06. The van der Waals surface area contributed by atoms with Crippen molar-refractivity contribution < 1.29 is 4.79 Å². The van der Waals surface area contributed by atoms with Crippen molar-refractivity contribution in [2.24, 2.45) is 0 Å². The van der Waals surface area contributed by atoms with Crippen molar-refractivity contribution in [1.29, 1.82) is 0 Å². The van der Waals surface area contributed by atoms with Crippen LogP contribution in [-0.2, 0) is 17.9 Å². The largest absolute Gasteiger partial charge is 0.340 e. The summed E-state index contributed by atoms with van der Waals surface area (Å²) < 4.78 is 2.17. The Morgan fingerprint density at radius 2 is 1.90 bits per heavy atom. The molecule has 0 saturated carbocycles. The normalized spacial score (nSPS) is 10.3. The molecule has 0 fully saturated rings. The van der Waals surface area contributed by atoms with E-state index in [0.29, 0.717) is 6.54 Å². The van der Waals surface area contributed by atoms with Crippen LogP contribution in [0.4, 0.5) is 0 Å². The van der Waals surface area contributed by atoms with Gasteiger partial charge in [0.25, 0.3) is 5.56 Å². The lowest BCUT2D eigenvalue weighted by atomic mass is 10.2. The molecule has 104 valence electrons. The van der Waals surface area contributed by atoms with Gasteiger partial charge in [0.05, 0.1) is 0 Å². The molecule has 2 rings (SSSR count). The Hall–Kier alpha value is -1.88. The van der Waals surface area contributed by atoms with Crippen LogP contribution in [0.5, 0.6) is 0 Å². The van der Waals surface area contributed by atoms with Crippen molar-refractivity contribution in [3.63, 3.8) is 0 Å². The fourth-order valence-electron chi connectivity index (χ4n) is 1.84. The number of aromatic nitrogens is 1. The average Bonchev–Trinajstić information content (AvgIpc) is 2.44. The van der Waals surface area contributed by atoms with Crippen LogP contribution in [0.1, 0.15) is 5.56 Å². The van der Waals surface area contributed by atoms with Gasteiger partial charge in [-0.2, -0.15) is 0 Å². The Labute approximate surface area is 125 Å². The average molecular weight is 335 g/mol. The maximum Gasteiger partial charge on any atom is 0.251 e. The van der Waals surface area contributed by atoms with E-state index in [0.717, 1.165) is 10.0 Å². The number of likely N-dealkylation sites (N-methyl/N-ethyl adjacent to an activating group) is 1. The smallest absolute Gasteiger partial charge is 0.251 e. The van der Waals surface area contributed by atoms with Crippen LogP contribution in [0.25, 0.3) is 0 Å². The Bertz CT molecular complexity index is 652. The van der Waals surface area contributed by atoms with Gasteiger partial charge in [-0.3, -0.25) is 9.59 Å². The van der Waals surface area contributed by atoms with E-state index in [2.05, 4.69) is 15.9 Å². The highest BCUT2D eigenvalue weighted by molar-refractivity contribution is 9.10. The van der Waals surface area contributed by atoms with Gasteiger partial charge in [-0.1, -0.05) is 30.3 Å². The molecule has 0 saturated heterocycles. The molecule has 1 aromatic heterocycles. The zero-order chi connectivity index (χ0) is 14.5. The minimum atomic E-state index is -0.185. The number of halogens is 1. The van der Waals surface area contributed by atoms with Crippen LogP contribution in [0.15, 0.2) is 57.9 Å². The van der Waals surface area contributed by atoms with E-state index in [1.54, 1.807) is 24.2 Å². The molecule has 1 amide bonds. The van der Waals surface area contributed by atoms with Gasteiger partial charge >= 0.3 is 0 Å². The highest BCUT2D eigenvalue weighted by Gasteiger charge is 2.10. The molecule has 5 heteroatoms. The minimum absolute atomic E-state index is 0.0433. The van der Waals surface area contributed by atoms with Crippen molar-refractivity contribution >= 4 is 21.8 Å². The Kier molecular flexibility index (Phi) is 4.74. The number of pyridine rings is 1. The molecular weight excluding hydrogens is 320 g/mol. The third-order valence-electron chi connectivity index (χ3n) is 2.94. The predicted octanol–water partition coefficient (Wildman–Crippen LogP) is 2.27. The second-order valence-corrected chi connectivity index (χ2v) is 5.46. The highest BCUT2D eigenvalue weighted by atomic mass is 79.9. The van der Waals surface area contributed by atoms with E-state index >= 15 is 0 Å². The van der Waals surface area contributed by atoms with E-state index in [9.17, 15) is 9.59 Å². The number of carbonyl (C=O) groups is 1. The maximum absolute atomic E-state index is 12.1. The van der Waals surface area contributed by atoms with Gasteiger partial charge in [-0.05, 0) is 27.6 Å². The molecule has 0 aliphatic heterocycles. The zero-order valence-corrected chi connectivity index (χ0v) is 12.7. The molecule has 1 heterocycles. The molecule has 1 aromatic carbocycles. The van der Waals surface area contributed by atoms with Crippen LogP contribution >= 0.6 is 15.9 Å². The van der Waals surface area contributed by atoms with E-state index in [1.165, 1.54) is 10.6 Å². The number of hydrogen-bond donors (Lipinski definition) is 0. The second-order valence-electron chi connectivity index (χ2n) is 4.55. The van der Waals surface area contributed by atoms with Crippen LogP contribution in [0.3, 0.4) is 0 Å². The third kappa shape index (κ3) is 3.81. The van der Waals surface area contributed by atoms with Gasteiger partial charge < -0.3 is 9.47 Å². The van der Waals surface area contributed by atoms with E-state index in [4.69, 9.17) is 0 Å². The molecule has 0 radical (unpaired) electrons.